The first-order valence-corrected chi connectivity index (χ1v) is 13.3. The van der Waals surface area contributed by atoms with E-state index in [0.29, 0.717) is 22.0 Å². The van der Waals surface area contributed by atoms with Gasteiger partial charge in [0, 0.05) is 15.8 Å². The number of anilines is 1. The van der Waals surface area contributed by atoms with Crippen molar-refractivity contribution >= 4 is 39.1 Å². The Kier molecular flexibility index (Phi) is 6.88. The van der Waals surface area contributed by atoms with Crippen molar-refractivity contribution in [3.63, 3.8) is 0 Å². The highest BCUT2D eigenvalue weighted by Crippen LogP contribution is 2.40. The first-order chi connectivity index (χ1) is 17.5. The number of para-hydroxylation sites is 1. The van der Waals surface area contributed by atoms with Gasteiger partial charge < -0.3 is 10.1 Å². The summed E-state index contributed by atoms with van der Waals surface area (Å²) in [5.41, 5.74) is 5.80. The van der Waals surface area contributed by atoms with Crippen LogP contribution in [0.2, 0.25) is 0 Å². The molecule has 0 unspecified atom stereocenters. The fourth-order valence-corrected chi connectivity index (χ4v) is 6.36. The van der Waals surface area contributed by atoms with Crippen molar-refractivity contribution in [3.8, 4) is 11.3 Å². The summed E-state index contributed by atoms with van der Waals surface area (Å²) in [6.45, 7) is 4.39. The van der Waals surface area contributed by atoms with Gasteiger partial charge in [0.05, 0.1) is 29.4 Å². The monoisotopic (exact) mass is 498 g/mol. The summed E-state index contributed by atoms with van der Waals surface area (Å²) in [6, 6.07) is 17.9. The summed E-state index contributed by atoms with van der Waals surface area (Å²) < 4.78 is 5.10. The molecule has 0 bridgehead atoms. The number of aromatic nitrogens is 1. The number of nitrogens with zero attached hydrogens (tertiary/aromatic N) is 1. The van der Waals surface area contributed by atoms with E-state index in [1.807, 2.05) is 30.3 Å². The Labute approximate surface area is 215 Å². The topological polar surface area (TPSA) is 68.3 Å². The number of aryl methyl sites for hydroxylation is 1. The van der Waals surface area contributed by atoms with Gasteiger partial charge in [-0.1, -0.05) is 62.7 Å². The fourth-order valence-electron chi connectivity index (χ4n) is 4.97. The number of esters is 1. The number of pyridine rings is 1. The smallest absolute Gasteiger partial charge is 0.341 e. The van der Waals surface area contributed by atoms with E-state index in [4.69, 9.17) is 9.72 Å². The Morgan fingerprint density at radius 1 is 1.14 bits per heavy atom. The predicted molar refractivity (Wildman–Crippen MR) is 146 cm³/mol. The number of hydrogen-bond acceptors (Lipinski definition) is 5. The maximum absolute atomic E-state index is 13.7. The molecule has 1 amide bonds. The van der Waals surface area contributed by atoms with Crippen molar-refractivity contribution in [2.75, 3.05) is 12.4 Å². The van der Waals surface area contributed by atoms with Crippen LogP contribution in [-0.2, 0) is 24.0 Å². The third kappa shape index (κ3) is 4.65. The van der Waals surface area contributed by atoms with E-state index in [1.54, 1.807) is 0 Å². The van der Waals surface area contributed by atoms with Crippen LogP contribution in [-0.4, -0.2) is 24.0 Å². The van der Waals surface area contributed by atoms with Gasteiger partial charge in [-0.3, -0.25) is 4.79 Å². The van der Waals surface area contributed by atoms with Crippen LogP contribution in [0.4, 0.5) is 5.00 Å². The van der Waals surface area contributed by atoms with E-state index in [-0.39, 0.29) is 5.91 Å². The molecular weight excluding hydrogens is 468 g/mol. The zero-order valence-corrected chi connectivity index (χ0v) is 21.7. The molecule has 1 atom stereocenters. The van der Waals surface area contributed by atoms with Crippen LogP contribution < -0.4 is 5.32 Å². The Hall–Kier alpha value is -3.51. The Morgan fingerprint density at radius 3 is 2.67 bits per heavy atom. The third-order valence-electron chi connectivity index (χ3n) is 6.88. The van der Waals surface area contributed by atoms with Crippen molar-refractivity contribution in [2.24, 2.45) is 5.92 Å². The van der Waals surface area contributed by atoms with Gasteiger partial charge in [-0.05, 0) is 54.9 Å². The van der Waals surface area contributed by atoms with Gasteiger partial charge in [-0.15, -0.1) is 11.3 Å². The maximum atomic E-state index is 13.7. The molecule has 0 spiro atoms. The van der Waals surface area contributed by atoms with E-state index in [1.165, 1.54) is 24.0 Å². The number of carbonyl (C=O) groups excluding carboxylic acids is 2. The average Bonchev–Trinajstić information content (AvgIpc) is 3.24. The van der Waals surface area contributed by atoms with Crippen LogP contribution in [0.1, 0.15) is 63.4 Å². The molecule has 2 aromatic carbocycles. The number of methoxy groups -OCH3 is 1. The van der Waals surface area contributed by atoms with Gasteiger partial charge in [0.15, 0.2) is 0 Å². The van der Waals surface area contributed by atoms with E-state index in [0.717, 1.165) is 64.7 Å². The first kappa shape index (κ1) is 24.2. The summed E-state index contributed by atoms with van der Waals surface area (Å²) in [5.74, 6) is -0.0975. The van der Waals surface area contributed by atoms with Crippen molar-refractivity contribution in [1.82, 2.24) is 4.98 Å². The van der Waals surface area contributed by atoms with Crippen molar-refractivity contribution in [2.45, 2.75) is 46.0 Å². The summed E-state index contributed by atoms with van der Waals surface area (Å²) >= 11 is 1.50. The molecule has 0 saturated heterocycles. The van der Waals surface area contributed by atoms with Gasteiger partial charge in [0.25, 0.3) is 5.91 Å². The summed E-state index contributed by atoms with van der Waals surface area (Å²) in [7, 11) is 1.39. The molecule has 1 aliphatic carbocycles. The summed E-state index contributed by atoms with van der Waals surface area (Å²) in [5, 5.41) is 4.40. The van der Waals surface area contributed by atoms with Crippen LogP contribution in [0.15, 0.2) is 54.6 Å². The molecule has 184 valence electrons. The molecule has 36 heavy (non-hydrogen) atoms. The van der Waals surface area contributed by atoms with E-state index < -0.39 is 5.97 Å². The highest BCUT2D eigenvalue weighted by Gasteiger charge is 2.29. The molecule has 1 aliphatic rings. The minimum Gasteiger partial charge on any atom is -0.465 e. The molecule has 4 aromatic rings. The number of nitrogens with one attached hydrogen (secondary N) is 1. The molecule has 5 rings (SSSR count). The minimum atomic E-state index is -0.398. The largest absolute Gasteiger partial charge is 0.465 e. The molecule has 1 N–H and O–H groups in total. The fraction of sp³-hybridized carbons (Fsp3) is 0.300. The first-order valence-electron chi connectivity index (χ1n) is 12.5. The van der Waals surface area contributed by atoms with Crippen molar-refractivity contribution in [1.29, 1.82) is 0 Å². The molecular formula is C30H30N2O3S. The van der Waals surface area contributed by atoms with Crippen LogP contribution in [0, 0.1) is 5.92 Å². The highest BCUT2D eigenvalue weighted by atomic mass is 32.1. The van der Waals surface area contributed by atoms with Gasteiger partial charge in [-0.2, -0.15) is 0 Å². The predicted octanol–water partition coefficient (Wildman–Crippen LogP) is 7.08. The molecule has 0 aliphatic heterocycles. The molecule has 0 radical (unpaired) electrons. The number of amides is 1. The molecule has 0 fully saturated rings. The second-order valence-corrected chi connectivity index (χ2v) is 10.6. The Bertz CT molecular complexity index is 1440. The minimum absolute atomic E-state index is 0.255. The van der Waals surface area contributed by atoms with Gasteiger partial charge >= 0.3 is 5.97 Å². The van der Waals surface area contributed by atoms with Gasteiger partial charge in [0.1, 0.15) is 5.00 Å². The number of hydrogen-bond donors (Lipinski definition) is 1. The lowest BCUT2D eigenvalue weighted by Gasteiger charge is -2.18. The lowest BCUT2D eigenvalue weighted by atomic mass is 9.88. The quantitative estimate of drug-likeness (QED) is 0.288. The maximum Gasteiger partial charge on any atom is 0.341 e. The Balaban J connectivity index is 1.55. The van der Waals surface area contributed by atoms with Crippen LogP contribution in [0.25, 0.3) is 22.2 Å². The average molecular weight is 499 g/mol. The second kappa shape index (κ2) is 10.2. The highest BCUT2D eigenvalue weighted by molar-refractivity contribution is 7.17. The molecule has 5 nitrogen and oxygen atoms in total. The number of ether oxygens (including phenoxy) is 1. The summed E-state index contributed by atoms with van der Waals surface area (Å²) in [4.78, 5) is 32.4. The number of thiophene rings is 1. The van der Waals surface area contributed by atoms with E-state index >= 15 is 0 Å². The number of rotatable bonds is 6. The van der Waals surface area contributed by atoms with Crippen LogP contribution in [0.5, 0.6) is 0 Å². The Morgan fingerprint density at radius 2 is 1.92 bits per heavy atom. The normalized spacial score (nSPS) is 14.9. The molecule has 6 heteroatoms. The van der Waals surface area contributed by atoms with Gasteiger partial charge in [-0.25, -0.2) is 9.78 Å². The van der Waals surface area contributed by atoms with Crippen LogP contribution >= 0.6 is 11.3 Å². The van der Waals surface area contributed by atoms with Crippen molar-refractivity contribution in [3.05, 3.63) is 81.7 Å². The second-order valence-electron chi connectivity index (χ2n) is 9.52. The van der Waals surface area contributed by atoms with E-state index in [2.05, 4.69) is 43.4 Å². The van der Waals surface area contributed by atoms with Crippen molar-refractivity contribution < 1.29 is 14.3 Å². The van der Waals surface area contributed by atoms with E-state index in [9.17, 15) is 9.59 Å². The lowest BCUT2D eigenvalue weighted by Crippen LogP contribution is -2.16. The van der Waals surface area contributed by atoms with Gasteiger partial charge in [0.2, 0.25) is 0 Å². The molecule has 0 saturated carbocycles. The standard InChI is InChI=1S/C30H30N2O3S/c1-4-7-19-11-13-20(14-12-19)25-17-23(21-8-5-6-9-24(21)31-25)28(33)32-29-27(30(34)35-3)22-15-10-18(2)16-26(22)36-29/h5-6,8-9,11-14,17-18H,4,7,10,15-16H2,1-3H3,(H,32,33)/t18-/m1/s1. The zero-order chi connectivity index (χ0) is 25.2. The zero-order valence-electron chi connectivity index (χ0n) is 20.9. The lowest BCUT2D eigenvalue weighted by molar-refractivity contribution is 0.0601. The molecule has 2 aromatic heterocycles. The van der Waals surface area contributed by atoms with Crippen LogP contribution in [0.3, 0.4) is 0 Å². The molecule has 2 heterocycles. The SMILES string of the molecule is CCCc1ccc(-c2cc(C(=O)Nc3sc4c(c3C(=O)OC)CC[C@@H](C)C4)c3ccccc3n2)cc1. The summed E-state index contributed by atoms with van der Waals surface area (Å²) in [6.07, 6.45) is 4.89. The number of benzene rings is 2. The number of fused-ring (bicyclic) bond motifs is 2. The third-order valence-corrected chi connectivity index (χ3v) is 8.05. The number of carbonyl (C=O) groups is 2.